The number of fused-ring (bicyclic) bond motifs is 4. The van der Waals surface area contributed by atoms with Crippen LogP contribution in [0.2, 0.25) is 0 Å². The minimum absolute atomic E-state index is 0.129. The van der Waals surface area contributed by atoms with Gasteiger partial charge in [0.15, 0.2) is 5.65 Å². The van der Waals surface area contributed by atoms with Gasteiger partial charge < -0.3 is 4.74 Å². The molecule has 0 spiro atoms. The average molecular weight is 356 g/mol. The molecule has 2 atom stereocenters. The molecule has 2 aliphatic rings. The van der Waals surface area contributed by atoms with Crippen molar-refractivity contribution in [2.24, 2.45) is 0 Å². The zero-order valence-electron chi connectivity index (χ0n) is 13.7. The molecule has 0 amide bonds. The van der Waals surface area contributed by atoms with Crippen LogP contribution in [0.4, 0.5) is 8.78 Å². The van der Waals surface area contributed by atoms with E-state index in [0.717, 1.165) is 23.0 Å². The SMILES string of the molecule is CCOc1ncc2c(n1)C1N[C@H]1C=C2c1ccc2ncc(C(F)F)n2n1. The summed E-state index contributed by atoms with van der Waals surface area (Å²) in [4.78, 5) is 12.7. The summed E-state index contributed by atoms with van der Waals surface area (Å²) in [5, 5.41) is 7.71. The van der Waals surface area contributed by atoms with E-state index in [1.54, 1.807) is 18.3 Å². The van der Waals surface area contributed by atoms with E-state index >= 15 is 0 Å². The Balaban J connectivity index is 1.63. The third kappa shape index (κ3) is 2.27. The van der Waals surface area contributed by atoms with Gasteiger partial charge in [-0.2, -0.15) is 10.1 Å². The van der Waals surface area contributed by atoms with E-state index < -0.39 is 6.43 Å². The summed E-state index contributed by atoms with van der Waals surface area (Å²) >= 11 is 0. The largest absolute Gasteiger partial charge is 0.464 e. The third-order valence-electron chi connectivity index (χ3n) is 4.51. The second-order valence-electron chi connectivity index (χ2n) is 6.11. The van der Waals surface area contributed by atoms with E-state index in [-0.39, 0.29) is 17.8 Å². The number of alkyl halides is 2. The Labute approximate surface area is 146 Å². The van der Waals surface area contributed by atoms with E-state index in [1.807, 2.05) is 13.0 Å². The van der Waals surface area contributed by atoms with E-state index in [4.69, 9.17) is 4.74 Å². The van der Waals surface area contributed by atoms with Crippen LogP contribution in [0.5, 0.6) is 6.01 Å². The van der Waals surface area contributed by atoms with Crippen molar-refractivity contribution in [3.8, 4) is 6.01 Å². The number of rotatable bonds is 4. The van der Waals surface area contributed by atoms with Crippen LogP contribution in [-0.4, -0.2) is 37.2 Å². The van der Waals surface area contributed by atoms with E-state index in [1.165, 1.54) is 4.52 Å². The molecule has 4 heterocycles. The molecule has 3 aromatic heterocycles. The number of hydrogen-bond acceptors (Lipinski definition) is 6. The van der Waals surface area contributed by atoms with Crippen LogP contribution in [0.25, 0.3) is 11.2 Å². The maximum Gasteiger partial charge on any atom is 0.316 e. The van der Waals surface area contributed by atoms with Crippen LogP contribution < -0.4 is 10.1 Å². The minimum atomic E-state index is -2.65. The highest BCUT2D eigenvalue weighted by Crippen LogP contribution is 2.42. The summed E-state index contributed by atoms with van der Waals surface area (Å²) < 4.78 is 32.9. The number of aromatic nitrogens is 5. The minimum Gasteiger partial charge on any atom is -0.464 e. The van der Waals surface area contributed by atoms with E-state index in [9.17, 15) is 8.78 Å². The van der Waals surface area contributed by atoms with Crippen molar-refractivity contribution in [3.63, 3.8) is 0 Å². The van der Waals surface area contributed by atoms with Crippen LogP contribution in [-0.2, 0) is 0 Å². The summed E-state index contributed by atoms with van der Waals surface area (Å²) in [6.45, 7) is 2.36. The van der Waals surface area contributed by atoms with Crippen LogP contribution >= 0.6 is 0 Å². The normalized spacial score (nSPS) is 20.7. The number of imidazole rings is 1. The molecule has 132 valence electrons. The molecule has 0 saturated carbocycles. The average Bonchev–Trinajstić information content (AvgIpc) is 3.30. The molecule has 0 radical (unpaired) electrons. The first-order valence-corrected chi connectivity index (χ1v) is 8.27. The molecule has 1 saturated heterocycles. The molecular formula is C17H14F2N6O. The van der Waals surface area contributed by atoms with E-state index in [0.29, 0.717) is 24.0 Å². The van der Waals surface area contributed by atoms with Gasteiger partial charge in [0.1, 0.15) is 5.69 Å². The topological polar surface area (TPSA) is 87.1 Å². The van der Waals surface area contributed by atoms with Crippen LogP contribution in [0.3, 0.4) is 0 Å². The monoisotopic (exact) mass is 356 g/mol. The predicted molar refractivity (Wildman–Crippen MR) is 87.9 cm³/mol. The lowest BCUT2D eigenvalue weighted by atomic mass is 9.94. The summed E-state index contributed by atoms with van der Waals surface area (Å²) in [7, 11) is 0. The highest BCUT2D eigenvalue weighted by Gasteiger charge is 2.43. The molecule has 1 aliphatic heterocycles. The van der Waals surface area contributed by atoms with Gasteiger partial charge >= 0.3 is 6.01 Å². The number of nitrogens with one attached hydrogen (secondary N) is 1. The Morgan fingerprint density at radius 3 is 2.96 bits per heavy atom. The maximum absolute atomic E-state index is 13.2. The number of hydrogen-bond donors (Lipinski definition) is 1. The molecule has 1 fully saturated rings. The van der Waals surface area contributed by atoms with Gasteiger partial charge in [-0.05, 0) is 19.1 Å². The molecule has 0 aromatic carbocycles. The first kappa shape index (κ1) is 15.3. The Hall–Kier alpha value is -2.94. The van der Waals surface area contributed by atoms with Crippen LogP contribution in [0.15, 0.2) is 30.6 Å². The molecule has 1 N–H and O–H groups in total. The van der Waals surface area contributed by atoms with Gasteiger partial charge in [0.25, 0.3) is 6.43 Å². The zero-order valence-corrected chi connectivity index (χ0v) is 13.7. The summed E-state index contributed by atoms with van der Waals surface area (Å²) in [5.74, 6) is 0. The lowest BCUT2D eigenvalue weighted by Gasteiger charge is -2.15. The van der Waals surface area contributed by atoms with Gasteiger partial charge in [0.2, 0.25) is 0 Å². The first-order chi connectivity index (χ1) is 12.7. The number of halogens is 2. The Bertz CT molecular complexity index is 1050. The van der Waals surface area contributed by atoms with Gasteiger partial charge in [0.05, 0.1) is 30.2 Å². The molecule has 5 rings (SSSR count). The van der Waals surface area contributed by atoms with Crippen molar-refractivity contribution in [2.75, 3.05) is 6.61 Å². The van der Waals surface area contributed by atoms with Gasteiger partial charge in [-0.1, -0.05) is 6.08 Å². The van der Waals surface area contributed by atoms with Gasteiger partial charge in [0, 0.05) is 23.4 Å². The molecule has 7 nitrogen and oxygen atoms in total. The van der Waals surface area contributed by atoms with Crippen molar-refractivity contribution < 1.29 is 13.5 Å². The van der Waals surface area contributed by atoms with Gasteiger partial charge in [-0.15, -0.1) is 0 Å². The molecule has 0 bridgehead atoms. The molecule has 1 aliphatic carbocycles. The van der Waals surface area contributed by atoms with Crippen molar-refractivity contribution in [2.45, 2.75) is 25.4 Å². The quantitative estimate of drug-likeness (QED) is 0.722. The van der Waals surface area contributed by atoms with E-state index in [2.05, 4.69) is 25.4 Å². The maximum atomic E-state index is 13.2. The Morgan fingerprint density at radius 2 is 2.15 bits per heavy atom. The molecule has 3 aromatic rings. The standard InChI is InChI=1S/C17H14F2N6O/c1-2-26-17-21-6-9-8(5-11-15(22-11)14(9)23-17)10-3-4-13-20-7-12(16(18)19)25(13)24-10/h3-7,11,15-16,22H,2H2,1H3/t11-,15?/m0/s1. The van der Waals surface area contributed by atoms with Crippen molar-refractivity contribution in [1.29, 1.82) is 0 Å². The summed E-state index contributed by atoms with van der Waals surface area (Å²) in [6, 6.07) is 4.06. The fourth-order valence-corrected chi connectivity index (χ4v) is 3.24. The van der Waals surface area contributed by atoms with Crippen molar-refractivity contribution >= 4 is 11.2 Å². The lowest BCUT2D eigenvalue weighted by Crippen LogP contribution is -2.10. The fourth-order valence-electron chi connectivity index (χ4n) is 3.24. The number of ether oxygens (including phenoxy) is 1. The van der Waals surface area contributed by atoms with Gasteiger partial charge in [-0.3, -0.25) is 5.32 Å². The number of nitrogens with zero attached hydrogens (tertiary/aromatic N) is 5. The Kier molecular flexibility index (Phi) is 3.26. The first-order valence-electron chi connectivity index (χ1n) is 8.27. The Morgan fingerprint density at radius 1 is 1.27 bits per heavy atom. The van der Waals surface area contributed by atoms with Crippen molar-refractivity contribution in [1.82, 2.24) is 29.9 Å². The molecule has 1 unspecified atom stereocenters. The fraction of sp³-hybridized carbons (Fsp3) is 0.294. The molecular weight excluding hydrogens is 342 g/mol. The smallest absolute Gasteiger partial charge is 0.316 e. The molecule has 26 heavy (non-hydrogen) atoms. The highest BCUT2D eigenvalue weighted by molar-refractivity contribution is 5.82. The second kappa shape index (κ2) is 5.53. The molecule has 9 heteroatoms. The summed E-state index contributed by atoms with van der Waals surface area (Å²) in [5.41, 5.74) is 3.19. The summed E-state index contributed by atoms with van der Waals surface area (Å²) in [6.07, 6.45) is 2.23. The van der Waals surface area contributed by atoms with Gasteiger partial charge in [-0.25, -0.2) is 23.3 Å². The second-order valence-corrected chi connectivity index (χ2v) is 6.11. The third-order valence-corrected chi connectivity index (χ3v) is 4.51. The zero-order chi connectivity index (χ0) is 17.8. The predicted octanol–water partition coefficient (Wildman–Crippen LogP) is 2.31. The highest BCUT2D eigenvalue weighted by atomic mass is 19.3. The van der Waals surface area contributed by atoms with Crippen molar-refractivity contribution in [3.05, 3.63) is 53.2 Å². The van der Waals surface area contributed by atoms with Crippen LogP contribution in [0.1, 0.15) is 42.0 Å². The lowest BCUT2D eigenvalue weighted by molar-refractivity contribution is 0.143. The van der Waals surface area contributed by atoms with Crippen LogP contribution in [0, 0.1) is 0 Å².